The summed E-state index contributed by atoms with van der Waals surface area (Å²) in [6.07, 6.45) is 4.68. The van der Waals surface area contributed by atoms with Crippen molar-refractivity contribution in [3.05, 3.63) is 299 Å². The number of para-hydroxylation sites is 2. The Hall–Kier alpha value is -11.1. The summed E-state index contributed by atoms with van der Waals surface area (Å²) in [4.78, 5) is 5.32. The van der Waals surface area contributed by atoms with Crippen molar-refractivity contribution in [3.8, 4) is 39.3 Å². The van der Waals surface area contributed by atoms with Crippen LogP contribution in [0.2, 0.25) is 0 Å². The van der Waals surface area contributed by atoms with Crippen LogP contribution >= 0.6 is 0 Å². The van der Waals surface area contributed by atoms with E-state index in [1.165, 1.54) is 161 Å². The molecule has 0 saturated carbocycles. The van der Waals surface area contributed by atoms with E-state index >= 15 is 0 Å². The van der Waals surface area contributed by atoms with Crippen LogP contribution in [0.3, 0.4) is 0 Å². The Morgan fingerprint density at radius 3 is 0.862 bits per heavy atom. The lowest BCUT2D eigenvalue weighted by Gasteiger charge is -2.44. The number of benzene rings is 13. The van der Waals surface area contributed by atoms with E-state index in [2.05, 4.69) is 417 Å². The molecule has 13 aromatic carbocycles. The number of anilines is 6. The van der Waals surface area contributed by atoms with E-state index in [1.54, 1.807) is 0 Å². The number of rotatable bonds is 7. The predicted molar refractivity (Wildman–Crippen MR) is 500 cm³/mol. The zero-order valence-corrected chi connectivity index (χ0v) is 71.9. The lowest BCUT2D eigenvalue weighted by Crippen LogP contribution is -2.61. The summed E-state index contributed by atoms with van der Waals surface area (Å²) in [5.41, 5.74) is 37.4. The summed E-state index contributed by atoms with van der Waals surface area (Å²) in [7, 11) is 0. The third-order valence-corrected chi connectivity index (χ3v) is 28.0. The van der Waals surface area contributed by atoms with Gasteiger partial charge in [-0.15, -0.1) is 0 Å². The topological polar surface area (TPSA) is 21.3 Å². The van der Waals surface area contributed by atoms with Gasteiger partial charge in [0.1, 0.15) is 0 Å². The van der Waals surface area contributed by atoms with Gasteiger partial charge < -0.3 is 23.5 Å². The van der Waals surface area contributed by atoms with Crippen LogP contribution < -0.4 is 26.2 Å². The minimum absolute atomic E-state index is 0.0487. The summed E-state index contributed by atoms with van der Waals surface area (Å²) >= 11 is 0. The van der Waals surface area contributed by atoms with Crippen molar-refractivity contribution in [2.24, 2.45) is 0 Å². The van der Waals surface area contributed by atoms with Crippen molar-refractivity contribution in [2.45, 2.75) is 207 Å². The maximum atomic E-state index is 2.66. The lowest BCUT2D eigenvalue weighted by molar-refractivity contribution is 0.332. The molecule has 2 aliphatic heterocycles. The Labute approximate surface area is 687 Å². The fourth-order valence-electron chi connectivity index (χ4n) is 20.7. The minimum atomic E-state index is -0.207. The summed E-state index contributed by atoms with van der Waals surface area (Å²) in [6, 6.07) is 101. The monoisotopic (exact) mass is 1510 g/mol. The molecule has 16 aromatic rings. The number of fused-ring (bicyclic) bond motifs is 15. The first-order valence-corrected chi connectivity index (χ1v) is 42.7. The van der Waals surface area contributed by atoms with Crippen LogP contribution in [0.1, 0.15) is 209 Å². The third kappa shape index (κ3) is 11.5. The molecule has 3 aromatic heterocycles. The zero-order valence-electron chi connectivity index (χ0n) is 71.9. The van der Waals surface area contributed by atoms with E-state index in [9.17, 15) is 0 Å². The molecule has 0 atom stereocenters. The average molecular weight is 1510 g/mol. The molecule has 0 saturated heterocycles. The molecule has 0 spiro atoms. The molecule has 5 heterocycles. The standard InChI is InChI=1S/C110H110BN5/c1-103(2,3)71-35-49-94-82(59-71)83-60-72(104(4,5)6)36-50-95(83)114(94)77-43-47-90-98(63-77)112(75-39-29-67(30-40-75)69-33-45-86-88(57-69)109(17,18)55-53-107(86,13)14)100-65-79(116-92-27-23-21-25-80(92)81-26-22-24-28-93(81)116)66-101-102(100)111(90)91-48-44-78(115-96-51-37-73(105(7,8)9)61-84(96)85-62-74(106(10,11)12)38-52-97(85)115)64-99(91)113(101)76-41-31-68(32-42-76)70-34-46-87-89(58-70)110(19,20)56-54-108(87,15)16/h21-52,57-66H,53-56H2,1-20H3. The van der Waals surface area contributed by atoms with E-state index < -0.39 is 0 Å². The highest BCUT2D eigenvalue weighted by molar-refractivity contribution is 7.00. The molecule has 116 heavy (non-hydrogen) atoms. The molecule has 5 nitrogen and oxygen atoms in total. The molecule has 0 radical (unpaired) electrons. The van der Waals surface area contributed by atoms with E-state index in [-0.39, 0.29) is 50.0 Å². The molecule has 0 amide bonds. The van der Waals surface area contributed by atoms with Gasteiger partial charge in [0.25, 0.3) is 6.71 Å². The number of hydrogen-bond acceptors (Lipinski definition) is 2. The van der Waals surface area contributed by atoms with Crippen LogP contribution in [0.4, 0.5) is 34.1 Å². The normalized spacial score (nSPS) is 16.2. The molecular formula is C110H110BN5. The van der Waals surface area contributed by atoms with Crippen LogP contribution in [0.25, 0.3) is 105 Å². The first-order chi connectivity index (χ1) is 55.0. The van der Waals surface area contributed by atoms with Crippen LogP contribution in [0.5, 0.6) is 0 Å². The molecule has 0 fully saturated rings. The largest absolute Gasteiger partial charge is 0.311 e. The maximum absolute atomic E-state index is 2.66. The van der Waals surface area contributed by atoms with Crippen LogP contribution in [-0.4, -0.2) is 20.4 Å². The number of nitrogens with zero attached hydrogens (tertiary/aromatic N) is 5. The summed E-state index contributed by atoms with van der Waals surface area (Å²) in [6.45, 7) is 47.4. The van der Waals surface area contributed by atoms with Crippen LogP contribution in [0.15, 0.2) is 255 Å². The Kier molecular flexibility index (Phi) is 16.0. The third-order valence-electron chi connectivity index (χ3n) is 28.0. The van der Waals surface area contributed by atoms with Gasteiger partial charge in [-0.2, -0.15) is 0 Å². The summed E-state index contributed by atoms with van der Waals surface area (Å²) < 4.78 is 7.69. The Morgan fingerprint density at radius 1 is 0.241 bits per heavy atom. The Balaban J connectivity index is 0.885. The molecule has 4 aliphatic rings. The fourth-order valence-corrected chi connectivity index (χ4v) is 20.7. The molecule has 20 rings (SSSR count). The SMILES string of the molecule is CC(C)(C)c1ccc2c(c1)c1cc(C(C)(C)C)ccc1n2-c1ccc2c(c1)N(c1ccc(-c3ccc4c(c3)C(C)(C)CCC4(C)C)cc1)c1cc(-n3c4ccccc4c4ccccc43)cc3c1B2c1ccc(-n2c4ccc(C(C)(C)C)cc4c4cc(C(C)(C)C)ccc42)cc1N3c1ccc(-c2ccc3c(c2)C(C)(C)CCC3(C)C)cc1. The van der Waals surface area contributed by atoms with Crippen molar-refractivity contribution in [1.82, 2.24) is 13.7 Å². The van der Waals surface area contributed by atoms with Crippen molar-refractivity contribution < 1.29 is 0 Å². The van der Waals surface area contributed by atoms with Gasteiger partial charge in [-0.3, -0.25) is 0 Å². The van der Waals surface area contributed by atoms with Gasteiger partial charge in [0.15, 0.2) is 0 Å². The van der Waals surface area contributed by atoms with E-state index in [0.717, 1.165) is 64.0 Å². The van der Waals surface area contributed by atoms with Crippen LogP contribution in [-0.2, 0) is 43.3 Å². The zero-order chi connectivity index (χ0) is 80.8. The molecule has 0 N–H and O–H groups in total. The quantitative estimate of drug-likeness (QED) is 0.148. The smallest absolute Gasteiger partial charge is 0.252 e. The van der Waals surface area contributed by atoms with Gasteiger partial charge in [-0.1, -0.05) is 272 Å². The first-order valence-electron chi connectivity index (χ1n) is 42.7. The molecule has 0 bridgehead atoms. The van der Waals surface area contributed by atoms with Crippen LogP contribution in [0, 0.1) is 0 Å². The summed E-state index contributed by atoms with van der Waals surface area (Å²) in [5, 5.41) is 7.56. The van der Waals surface area contributed by atoms with Crippen molar-refractivity contribution in [2.75, 3.05) is 9.80 Å². The molecular weight excluding hydrogens is 1400 g/mol. The summed E-state index contributed by atoms with van der Waals surface area (Å²) in [5.74, 6) is 0. The Morgan fingerprint density at radius 2 is 0.526 bits per heavy atom. The maximum Gasteiger partial charge on any atom is 0.252 e. The van der Waals surface area contributed by atoms with Gasteiger partial charge in [-0.05, 0) is 273 Å². The predicted octanol–water partition coefficient (Wildman–Crippen LogP) is 28.3. The minimum Gasteiger partial charge on any atom is -0.311 e. The highest BCUT2D eigenvalue weighted by atomic mass is 15.2. The van der Waals surface area contributed by atoms with E-state index in [1.807, 2.05) is 0 Å². The molecule has 2 aliphatic carbocycles. The van der Waals surface area contributed by atoms with Crippen molar-refractivity contribution in [3.63, 3.8) is 0 Å². The second-order valence-electron chi connectivity index (χ2n) is 41.6. The Bertz CT molecular complexity index is 6260. The average Bonchev–Trinajstić information content (AvgIpc) is 1.00. The molecule has 6 heteroatoms. The van der Waals surface area contributed by atoms with Crippen molar-refractivity contribution >= 4 is 123 Å². The number of hydrogen-bond donors (Lipinski definition) is 0. The fraction of sp³-hybridized carbons (Fsp3) is 0.291. The highest BCUT2D eigenvalue weighted by Crippen LogP contribution is 2.53. The molecule has 0 unspecified atom stereocenters. The van der Waals surface area contributed by atoms with E-state index in [4.69, 9.17) is 0 Å². The highest BCUT2D eigenvalue weighted by Gasteiger charge is 2.46. The van der Waals surface area contributed by atoms with Gasteiger partial charge in [0.2, 0.25) is 0 Å². The van der Waals surface area contributed by atoms with E-state index in [0.29, 0.717) is 0 Å². The number of aromatic nitrogens is 3. The van der Waals surface area contributed by atoms with Gasteiger partial charge in [-0.25, -0.2) is 0 Å². The van der Waals surface area contributed by atoms with Gasteiger partial charge in [0, 0.05) is 77.8 Å². The van der Waals surface area contributed by atoms with Gasteiger partial charge in [0.05, 0.1) is 38.8 Å². The first kappa shape index (κ1) is 73.8. The molecule has 578 valence electrons. The second kappa shape index (κ2) is 25.2. The van der Waals surface area contributed by atoms with Crippen molar-refractivity contribution in [1.29, 1.82) is 0 Å². The lowest BCUT2D eigenvalue weighted by atomic mass is 9.33. The van der Waals surface area contributed by atoms with Gasteiger partial charge >= 0.3 is 0 Å². The second-order valence-corrected chi connectivity index (χ2v) is 41.6.